The molecule has 0 saturated heterocycles. The summed E-state index contributed by atoms with van der Waals surface area (Å²) in [6.45, 7) is 10.7. The lowest BCUT2D eigenvalue weighted by molar-refractivity contribution is -0.166. The maximum Gasteiger partial charge on any atom is 0.319 e. The maximum absolute atomic E-state index is 11.7. The fraction of sp³-hybridized carbons (Fsp3) is 0.818. The second kappa shape index (κ2) is 4.11. The smallest absolute Gasteiger partial charge is 0.319 e. The molecule has 3 nitrogen and oxygen atoms in total. The van der Waals surface area contributed by atoms with Gasteiger partial charge in [-0.3, -0.25) is 4.79 Å². The Hall–Kier alpha value is -0.860. The molecule has 82 valence electrons. The van der Waals surface area contributed by atoms with E-state index in [1.165, 1.54) is 0 Å². The van der Waals surface area contributed by atoms with Gasteiger partial charge in [0, 0.05) is 0 Å². The quantitative estimate of drug-likeness (QED) is 0.398. The van der Waals surface area contributed by atoms with Gasteiger partial charge < -0.3 is 9.53 Å². The van der Waals surface area contributed by atoms with Crippen molar-refractivity contribution in [3.05, 3.63) is 0 Å². The summed E-state index contributed by atoms with van der Waals surface area (Å²) >= 11 is 0. The first-order valence-electron chi connectivity index (χ1n) is 4.82. The number of hydrogen-bond acceptors (Lipinski definition) is 3. The molecule has 0 amide bonds. The molecule has 0 heterocycles. The minimum Gasteiger partial charge on any atom is -0.462 e. The first-order valence-corrected chi connectivity index (χ1v) is 4.82. The van der Waals surface area contributed by atoms with Crippen LogP contribution in [0.15, 0.2) is 0 Å². The summed E-state index contributed by atoms with van der Waals surface area (Å²) in [6, 6.07) is 0. The van der Waals surface area contributed by atoms with Crippen LogP contribution in [0, 0.1) is 10.8 Å². The van der Waals surface area contributed by atoms with Gasteiger partial charge in [0.2, 0.25) is 0 Å². The predicted molar refractivity (Wildman–Crippen MR) is 54.9 cm³/mol. The summed E-state index contributed by atoms with van der Waals surface area (Å²) in [5, 5.41) is 0. The van der Waals surface area contributed by atoms with Gasteiger partial charge in [0.15, 0.2) is 0 Å². The molecule has 0 aromatic heterocycles. The van der Waals surface area contributed by atoms with E-state index in [0.29, 0.717) is 6.29 Å². The predicted octanol–water partition coefficient (Wildman–Crippen LogP) is 2.19. The van der Waals surface area contributed by atoms with Crippen LogP contribution in [0.2, 0.25) is 0 Å². The van der Waals surface area contributed by atoms with Gasteiger partial charge in [0.1, 0.15) is 11.7 Å². The summed E-state index contributed by atoms with van der Waals surface area (Å²) in [7, 11) is 0. The maximum atomic E-state index is 11.7. The van der Waals surface area contributed by atoms with Gasteiger partial charge in [0.25, 0.3) is 0 Å². The molecule has 0 fully saturated rings. The number of carbonyl (C=O) groups is 2. The van der Waals surface area contributed by atoms with E-state index in [2.05, 4.69) is 0 Å². The topological polar surface area (TPSA) is 43.4 Å². The summed E-state index contributed by atoms with van der Waals surface area (Å²) in [6.07, 6.45) is 0.488. The molecule has 3 heteroatoms. The Bertz CT molecular complexity index is 225. The van der Waals surface area contributed by atoms with Gasteiger partial charge >= 0.3 is 5.97 Å². The molecule has 0 N–H and O–H groups in total. The molecular formula is C11H20O3. The average Bonchev–Trinajstić information content (AvgIpc) is 1.99. The molecule has 0 saturated carbocycles. The molecule has 0 rings (SSSR count). The van der Waals surface area contributed by atoms with Crippen LogP contribution in [0.5, 0.6) is 0 Å². The fourth-order valence-corrected chi connectivity index (χ4v) is 0.868. The highest BCUT2D eigenvalue weighted by molar-refractivity contribution is 5.93. The van der Waals surface area contributed by atoms with Crippen LogP contribution in [0.1, 0.15) is 41.5 Å². The third-order valence-electron chi connectivity index (χ3n) is 2.56. The van der Waals surface area contributed by atoms with Gasteiger partial charge in [-0.2, -0.15) is 0 Å². The van der Waals surface area contributed by atoms with Crippen LogP contribution in [0.3, 0.4) is 0 Å². The molecule has 1 unspecified atom stereocenters. The van der Waals surface area contributed by atoms with Gasteiger partial charge in [-0.15, -0.1) is 0 Å². The largest absolute Gasteiger partial charge is 0.462 e. The molecule has 0 aromatic carbocycles. The number of aldehydes is 1. The zero-order chi connectivity index (χ0) is 11.6. The molecule has 0 bridgehead atoms. The van der Waals surface area contributed by atoms with Gasteiger partial charge in [0.05, 0.1) is 6.10 Å². The van der Waals surface area contributed by atoms with Crippen molar-refractivity contribution in [1.82, 2.24) is 0 Å². The minimum absolute atomic E-state index is 0.191. The zero-order valence-corrected chi connectivity index (χ0v) is 9.88. The van der Waals surface area contributed by atoms with Gasteiger partial charge in [-0.05, 0) is 26.2 Å². The number of rotatable bonds is 3. The van der Waals surface area contributed by atoms with Gasteiger partial charge in [-0.25, -0.2) is 0 Å². The van der Waals surface area contributed by atoms with E-state index in [-0.39, 0.29) is 6.10 Å². The monoisotopic (exact) mass is 200 g/mol. The van der Waals surface area contributed by atoms with Crippen molar-refractivity contribution in [2.45, 2.75) is 47.6 Å². The summed E-state index contributed by atoms with van der Waals surface area (Å²) in [5.41, 5.74) is -1.50. The van der Waals surface area contributed by atoms with Crippen molar-refractivity contribution in [3.63, 3.8) is 0 Å². The third kappa shape index (κ3) is 2.56. The highest BCUT2D eigenvalue weighted by atomic mass is 16.5. The normalized spacial score (nSPS) is 16.2. The molecule has 0 aliphatic rings. The Morgan fingerprint density at radius 2 is 1.64 bits per heavy atom. The van der Waals surface area contributed by atoms with E-state index in [1.54, 1.807) is 20.8 Å². The average molecular weight is 200 g/mol. The molecular weight excluding hydrogens is 180 g/mol. The van der Waals surface area contributed by atoms with Crippen molar-refractivity contribution in [3.8, 4) is 0 Å². The standard InChI is InChI=1S/C11H20O3/c1-8(2)14-9(13)11(6,7-12)10(3,4)5/h7-8H,1-6H3. The van der Waals surface area contributed by atoms with Crippen molar-refractivity contribution >= 4 is 12.3 Å². The lowest BCUT2D eigenvalue weighted by Crippen LogP contribution is -2.43. The van der Waals surface area contributed by atoms with Crippen LogP contribution in [-0.2, 0) is 14.3 Å². The van der Waals surface area contributed by atoms with Crippen molar-refractivity contribution in [2.75, 3.05) is 0 Å². The van der Waals surface area contributed by atoms with Crippen molar-refractivity contribution in [2.24, 2.45) is 10.8 Å². The Labute approximate surface area is 85.8 Å². The lowest BCUT2D eigenvalue weighted by Gasteiger charge is -2.35. The summed E-state index contributed by atoms with van der Waals surface area (Å²) < 4.78 is 5.06. The first-order chi connectivity index (χ1) is 6.15. The minimum atomic E-state index is -1.07. The molecule has 0 aliphatic heterocycles. The third-order valence-corrected chi connectivity index (χ3v) is 2.56. The highest BCUT2D eigenvalue weighted by Crippen LogP contribution is 2.37. The molecule has 0 spiro atoms. The Kier molecular flexibility index (Phi) is 3.86. The van der Waals surface area contributed by atoms with Crippen molar-refractivity contribution < 1.29 is 14.3 Å². The second-order valence-corrected chi connectivity index (χ2v) is 5.02. The Morgan fingerprint density at radius 1 is 1.21 bits per heavy atom. The van der Waals surface area contributed by atoms with E-state index in [0.717, 1.165) is 0 Å². The van der Waals surface area contributed by atoms with E-state index in [1.807, 2.05) is 20.8 Å². The van der Waals surface area contributed by atoms with Crippen LogP contribution in [-0.4, -0.2) is 18.4 Å². The van der Waals surface area contributed by atoms with E-state index in [4.69, 9.17) is 4.74 Å². The van der Waals surface area contributed by atoms with Crippen molar-refractivity contribution in [1.29, 1.82) is 0 Å². The number of esters is 1. The van der Waals surface area contributed by atoms with Gasteiger partial charge in [-0.1, -0.05) is 20.8 Å². The zero-order valence-electron chi connectivity index (χ0n) is 9.88. The van der Waals surface area contributed by atoms with E-state index in [9.17, 15) is 9.59 Å². The summed E-state index contributed by atoms with van der Waals surface area (Å²) in [4.78, 5) is 22.7. The lowest BCUT2D eigenvalue weighted by atomic mass is 9.69. The van der Waals surface area contributed by atoms with E-state index >= 15 is 0 Å². The van der Waals surface area contributed by atoms with E-state index < -0.39 is 16.8 Å². The highest BCUT2D eigenvalue weighted by Gasteiger charge is 2.46. The van der Waals surface area contributed by atoms with Crippen LogP contribution < -0.4 is 0 Å². The molecule has 0 aromatic rings. The van der Waals surface area contributed by atoms with Crippen LogP contribution in [0.25, 0.3) is 0 Å². The molecule has 0 aliphatic carbocycles. The number of carbonyl (C=O) groups excluding carboxylic acids is 2. The van der Waals surface area contributed by atoms with Crippen LogP contribution >= 0.6 is 0 Å². The summed E-state index contributed by atoms with van der Waals surface area (Å²) in [5.74, 6) is -0.449. The second-order valence-electron chi connectivity index (χ2n) is 5.02. The number of hydrogen-bond donors (Lipinski definition) is 0. The molecule has 14 heavy (non-hydrogen) atoms. The SMILES string of the molecule is CC(C)OC(=O)C(C)(C=O)C(C)(C)C. The Balaban J connectivity index is 4.88. The number of ether oxygens (including phenoxy) is 1. The molecule has 1 atom stereocenters. The fourth-order valence-electron chi connectivity index (χ4n) is 0.868. The molecule has 0 radical (unpaired) electrons. The Morgan fingerprint density at radius 3 is 1.86 bits per heavy atom. The first kappa shape index (κ1) is 13.1. The van der Waals surface area contributed by atoms with Crippen LogP contribution in [0.4, 0.5) is 0 Å².